The van der Waals surface area contributed by atoms with E-state index in [-0.39, 0.29) is 36.1 Å². The Balaban J connectivity index is 1.60. The first kappa shape index (κ1) is 26.6. The Labute approximate surface area is 220 Å². The van der Waals surface area contributed by atoms with Crippen LogP contribution in [0.3, 0.4) is 0 Å². The van der Waals surface area contributed by atoms with Gasteiger partial charge in [-0.2, -0.15) is 0 Å². The van der Waals surface area contributed by atoms with Gasteiger partial charge in [-0.05, 0) is 74.9 Å². The number of nitrogens with zero attached hydrogens (tertiary/aromatic N) is 1. The van der Waals surface area contributed by atoms with Crippen LogP contribution in [0.15, 0.2) is 29.3 Å². The van der Waals surface area contributed by atoms with Crippen molar-refractivity contribution in [1.29, 1.82) is 0 Å². The van der Waals surface area contributed by atoms with Crippen LogP contribution in [0.1, 0.15) is 54.9 Å². The number of fused-ring (bicyclic) bond motifs is 5. The zero-order valence-electron chi connectivity index (χ0n) is 20.6. The molecule has 0 unspecified atom stereocenters. The molecule has 0 aromatic carbocycles. The molecule has 6 nitrogen and oxygen atoms in total. The lowest BCUT2D eigenvalue weighted by molar-refractivity contribution is -0.219. The van der Waals surface area contributed by atoms with E-state index in [2.05, 4.69) is 4.98 Å². The maximum atomic E-state index is 17.3. The van der Waals surface area contributed by atoms with Crippen LogP contribution in [0.4, 0.5) is 13.2 Å². The number of thioether (sulfide) groups is 1. The molecule has 4 aliphatic rings. The highest BCUT2D eigenvalue weighted by Crippen LogP contribution is 2.71. The number of carbonyl (C=O) groups excluding carboxylic acids is 3. The van der Waals surface area contributed by atoms with Crippen molar-refractivity contribution < 1.29 is 37.4 Å². The van der Waals surface area contributed by atoms with Crippen LogP contribution in [0.2, 0.25) is 0 Å². The van der Waals surface area contributed by atoms with Crippen molar-refractivity contribution in [2.75, 3.05) is 6.01 Å². The largest absolute Gasteiger partial charge is 0.445 e. The number of aromatic nitrogens is 1. The third-order valence-corrected chi connectivity index (χ3v) is 11.1. The average molecular weight is 556 g/mol. The van der Waals surface area contributed by atoms with Gasteiger partial charge in [-0.25, -0.2) is 22.9 Å². The number of hydrogen-bond donors (Lipinski definition) is 1. The molecule has 1 N–H and O–H groups in total. The molecule has 5 rings (SSSR count). The number of aliphatic hydroxyl groups excluding tert-OH is 1. The highest BCUT2D eigenvalue weighted by molar-refractivity contribution is 8.13. The average Bonchev–Trinajstić information content (AvgIpc) is 3.39. The fourth-order valence-corrected chi connectivity index (χ4v) is 8.99. The van der Waals surface area contributed by atoms with E-state index in [1.54, 1.807) is 13.8 Å². The van der Waals surface area contributed by atoms with Gasteiger partial charge in [-0.15, -0.1) is 11.3 Å². The minimum Gasteiger partial charge on any atom is -0.445 e. The Kier molecular flexibility index (Phi) is 6.31. The van der Waals surface area contributed by atoms with Crippen LogP contribution in [0, 0.1) is 29.6 Å². The van der Waals surface area contributed by atoms with E-state index in [1.807, 2.05) is 0 Å². The quantitative estimate of drug-likeness (QED) is 0.531. The van der Waals surface area contributed by atoms with Crippen LogP contribution in [-0.4, -0.2) is 56.5 Å². The third-order valence-electron chi connectivity index (χ3n) is 9.46. The number of halogens is 3. The summed E-state index contributed by atoms with van der Waals surface area (Å²) in [4.78, 5) is 42.9. The van der Waals surface area contributed by atoms with Gasteiger partial charge in [0.25, 0.3) is 0 Å². The summed E-state index contributed by atoms with van der Waals surface area (Å²) in [5.41, 5.74) is -5.13. The summed E-state index contributed by atoms with van der Waals surface area (Å²) in [6.07, 6.45) is 0.0119. The predicted octanol–water partition coefficient (Wildman–Crippen LogP) is 4.85. The maximum absolute atomic E-state index is 17.3. The summed E-state index contributed by atoms with van der Waals surface area (Å²) in [7, 11) is 0. The Morgan fingerprint density at radius 1 is 1.32 bits per heavy atom. The van der Waals surface area contributed by atoms with Gasteiger partial charge in [0.05, 0.1) is 17.3 Å². The molecule has 0 spiro atoms. The summed E-state index contributed by atoms with van der Waals surface area (Å²) in [6, 6.07) is -1.05. The lowest BCUT2D eigenvalue weighted by Gasteiger charge is -2.63. The standard InChI is InChI=1S/C26H28F3NO5S2/c1-13-20(37-12-30-13)21(33)35-25(22(34)36-11-27)7-5-15-16-9-18(28)17-8-14(31)4-6-23(17,2)26(16,29)19(32)10-24(15,25)3/h4,6,8,12,15-16,18-19,32H,5,7,9-11H2,1-3H3/t15-,16-,18-,19+,23-,24-,25-,26-/m0/s1. The first-order chi connectivity index (χ1) is 17.4. The summed E-state index contributed by atoms with van der Waals surface area (Å²) < 4.78 is 52.2. The van der Waals surface area contributed by atoms with Crippen LogP contribution in [-0.2, 0) is 14.3 Å². The second kappa shape index (κ2) is 8.77. The van der Waals surface area contributed by atoms with Crippen molar-refractivity contribution >= 4 is 40.0 Å². The van der Waals surface area contributed by atoms with E-state index in [0.29, 0.717) is 17.5 Å². The molecule has 0 aliphatic heterocycles. The normalized spacial score (nSPS) is 42.5. The van der Waals surface area contributed by atoms with Gasteiger partial charge in [0.1, 0.15) is 17.1 Å². The highest BCUT2D eigenvalue weighted by Gasteiger charge is 2.76. The lowest BCUT2D eigenvalue weighted by Crippen LogP contribution is -2.70. The molecule has 1 heterocycles. The zero-order valence-corrected chi connectivity index (χ0v) is 22.3. The Hall–Kier alpha value is -1.98. The fourth-order valence-electron chi connectivity index (χ4n) is 7.60. The zero-order chi connectivity index (χ0) is 27.0. The highest BCUT2D eigenvalue weighted by atomic mass is 32.2. The molecular weight excluding hydrogens is 527 g/mol. The van der Waals surface area contributed by atoms with Gasteiger partial charge in [0, 0.05) is 16.7 Å². The summed E-state index contributed by atoms with van der Waals surface area (Å²) in [6.45, 7) is 4.76. The molecule has 0 bridgehead atoms. The number of carbonyl (C=O) groups is 3. The molecule has 0 radical (unpaired) electrons. The van der Waals surface area contributed by atoms with Gasteiger partial charge in [0.2, 0.25) is 5.12 Å². The Morgan fingerprint density at radius 3 is 2.70 bits per heavy atom. The number of hydrogen-bond acceptors (Lipinski definition) is 8. The van der Waals surface area contributed by atoms with Crippen LogP contribution >= 0.6 is 23.1 Å². The molecule has 37 heavy (non-hydrogen) atoms. The number of ether oxygens (including phenoxy) is 1. The van der Waals surface area contributed by atoms with Gasteiger partial charge >= 0.3 is 5.97 Å². The second-order valence-electron chi connectivity index (χ2n) is 10.9. The predicted molar refractivity (Wildman–Crippen MR) is 132 cm³/mol. The van der Waals surface area contributed by atoms with E-state index < -0.39 is 69.1 Å². The van der Waals surface area contributed by atoms with Crippen molar-refractivity contribution in [3.8, 4) is 0 Å². The molecule has 0 saturated heterocycles. The van der Waals surface area contributed by atoms with Gasteiger partial charge in [-0.3, -0.25) is 9.59 Å². The van der Waals surface area contributed by atoms with Crippen molar-refractivity contribution in [1.82, 2.24) is 4.98 Å². The SMILES string of the molecule is Cc1ncsc1C(=O)O[C@]1(C(=O)SCF)CC[C@H]2[C@@H]3C[C@H](F)C4=CC(=O)C=C[C@]4(C)[C@@]3(F)[C@H](O)C[C@@]21C. The second-order valence-corrected chi connectivity index (χ2v) is 12.7. The summed E-state index contributed by atoms with van der Waals surface area (Å²) in [5, 5.41) is 10.7. The third kappa shape index (κ3) is 3.42. The summed E-state index contributed by atoms with van der Waals surface area (Å²) >= 11 is 1.42. The molecule has 4 aliphatic carbocycles. The van der Waals surface area contributed by atoms with Gasteiger partial charge < -0.3 is 9.84 Å². The van der Waals surface area contributed by atoms with Crippen LogP contribution in [0.25, 0.3) is 0 Å². The number of rotatable bonds is 4. The summed E-state index contributed by atoms with van der Waals surface area (Å²) in [5.74, 6) is -2.92. The molecule has 3 saturated carbocycles. The van der Waals surface area contributed by atoms with Gasteiger partial charge in [0.15, 0.2) is 17.1 Å². The monoisotopic (exact) mass is 555 g/mol. The van der Waals surface area contributed by atoms with E-state index in [0.717, 1.165) is 17.4 Å². The van der Waals surface area contributed by atoms with Gasteiger partial charge in [-0.1, -0.05) is 13.0 Å². The van der Waals surface area contributed by atoms with Crippen LogP contribution < -0.4 is 0 Å². The van der Waals surface area contributed by atoms with Crippen molar-refractivity contribution in [3.05, 3.63) is 39.9 Å². The Bertz CT molecular complexity index is 1230. The number of esters is 1. The number of ketones is 1. The molecule has 200 valence electrons. The number of thiazole rings is 1. The Morgan fingerprint density at radius 2 is 2.05 bits per heavy atom. The number of allylic oxidation sites excluding steroid dienone is 4. The molecule has 8 atom stereocenters. The molecule has 1 aromatic rings. The first-order valence-corrected chi connectivity index (χ1v) is 14.0. The molecule has 0 amide bonds. The fraction of sp³-hybridized carbons (Fsp3) is 0.615. The minimum atomic E-state index is -2.33. The molecule has 11 heteroatoms. The molecular formula is C26H28F3NO5S2. The minimum absolute atomic E-state index is 0.00169. The van der Waals surface area contributed by atoms with Crippen molar-refractivity contribution in [2.24, 2.45) is 22.7 Å². The van der Waals surface area contributed by atoms with E-state index in [9.17, 15) is 23.9 Å². The topological polar surface area (TPSA) is 93.6 Å². The molecule has 3 fully saturated rings. The lowest BCUT2D eigenvalue weighted by atomic mass is 9.44. The smallest absolute Gasteiger partial charge is 0.351 e. The number of aliphatic hydroxyl groups is 1. The van der Waals surface area contributed by atoms with Crippen LogP contribution in [0.5, 0.6) is 0 Å². The van der Waals surface area contributed by atoms with Crippen molar-refractivity contribution in [3.63, 3.8) is 0 Å². The van der Waals surface area contributed by atoms with E-state index in [4.69, 9.17) is 4.74 Å². The van der Waals surface area contributed by atoms with E-state index in [1.165, 1.54) is 24.6 Å². The molecule has 1 aromatic heterocycles. The van der Waals surface area contributed by atoms with E-state index >= 15 is 8.78 Å². The maximum Gasteiger partial charge on any atom is 0.351 e. The first-order valence-electron chi connectivity index (χ1n) is 12.2. The number of aryl methyl sites for hydroxylation is 1. The number of alkyl halides is 3. The van der Waals surface area contributed by atoms with Crippen molar-refractivity contribution in [2.45, 2.75) is 70.0 Å².